The van der Waals surface area contributed by atoms with Crippen LogP contribution in [0.25, 0.3) is 0 Å². The number of alkyl halides is 1. The van der Waals surface area contributed by atoms with Gasteiger partial charge in [0.15, 0.2) is 4.83 Å². The summed E-state index contributed by atoms with van der Waals surface area (Å²) in [5, 5.41) is 0. The van der Waals surface area contributed by atoms with Gasteiger partial charge in [-0.2, -0.15) is 0 Å². The first-order valence-corrected chi connectivity index (χ1v) is 6.58. The quantitative estimate of drug-likeness (QED) is 0.630. The summed E-state index contributed by atoms with van der Waals surface area (Å²) >= 11 is 3.22. The minimum atomic E-state index is -0.726. The van der Waals surface area contributed by atoms with Crippen molar-refractivity contribution in [3.8, 4) is 0 Å². The Bertz CT molecular complexity index is 482. The van der Waals surface area contributed by atoms with Crippen molar-refractivity contribution in [1.82, 2.24) is 4.98 Å². The van der Waals surface area contributed by atoms with Crippen LogP contribution in [0.15, 0.2) is 18.2 Å². The molecule has 1 unspecified atom stereocenters. The molecular formula is C13H16BrNO4. The van der Waals surface area contributed by atoms with Gasteiger partial charge in [0.25, 0.3) is 0 Å². The lowest BCUT2D eigenvalue weighted by Gasteiger charge is -2.21. The Balaban J connectivity index is 2.91. The van der Waals surface area contributed by atoms with Crippen LogP contribution in [0.4, 0.5) is 0 Å². The van der Waals surface area contributed by atoms with Gasteiger partial charge in [0.05, 0.1) is 12.8 Å². The molecule has 1 rings (SSSR count). The first kappa shape index (κ1) is 15.6. The predicted molar refractivity (Wildman–Crippen MR) is 73.1 cm³/mol. The van der Waals surface area contributed by atoms with Crippen molar-refractivity contribution in [2.24, 2.45) is 0 Å². The van der Waals surface area contributed by atoms with Crippen molar-refractivity contribution in [1.29, 1.82) is 0 Å². The molecule has 0 saturated carbocycles. The maximum Gasteiger partial charge on any atom is 0.356 e. The maximum atomic E-state index is 11.9. The largest absolute Gasteiger partial charge is 0.464 e. The summed E-state index contributed by atoms with van der Waals surface area (Å²) in [7, 11) is 1.27. The average Bonchev–Trinajstić information content (AvgIpc) is 2.35. The molecule has 0 aromatic carbocycles. The number of rotatable bonds is 3. The van der Waals surface area contributed by atoms with E-state index in [9.17, 15) is 9.59 Å². The van der Waals surface area contributed by atoms with Crippen LogP contribution in [0, 0.1) is 0 Å². The average molecular weight is 330 g/mol. The lowest BCUT2D eigenvalue weighted by Crippen LogP contribution is -2.26. The van der Waals surface area contributed by atoms with E-state index >= 15 is 0 Å². The second-order valence-electron chi connectivity index (χ2n) is 4.84. The summed E-state index contributed by atoms with van der Waals surface area (Å²) in [5.41, 5.74) is -0.0339. The highest BCUT2D eigenvalue weighted by Gasteiger charge is 2.26. The molecule has 104 valence electrons. The minimum Gasteiger partial charge on any atom is -0.464 e. The molecule has 0 saturated heterocycles. The molecule has 0 spiro atoms. The van der Waals surface area contributed by atoms with Crippen molar-refractivity contribution in [3.63, 3.8) is 0 Å². The molecular weight excluding hydrogens is 314 g/mol. The van der Waals surface area contributed by atoms with E-state index in [-0.39, 0.29) is 5.69 Å². The summed E-state index contributed by atoms with van der Waals surface area (Å²) in [6.45, 7) is 5.34. The second kappa shape index (κ2) is 6.14. The number of carbonyl (C=O) groups is 2. The van der Waals surface area contributed by atoms with Crippen LogP contribution in [0.3, 0.4) is 0 Å². The number of aromatic nitrogens is 1. The van der Waals surface area contributed by atoms with E-state index in [1.165, 1.54) is 13.2 Å². The molecule has 0 aliphatic heterocycles. The van der Waals surface area contributed by atoms with Crippen LogP contribution in [0.5, 0.6) is 0 Å². The Morgan fingerprint density at radius 2 is 1.95 bits per heavy atom. The fourth-order valence-electron chi connectivity index (χ4n) is 1.29. The second-order valence-corrected chi connectivity index (χ2v) is 5.75. The SMILES string of the molecule is COC(=O)c1cccc(C(Br)C(=O)OC(C)(C)C)n1. The number of esters is 2. The Morgan fingerprint density at radius 1 is 1.32 bits per heavy atom. The van der Waals surface area contributed by atoms with Crippen molar-refractivity contribution in [3.05, 3.63) is 29.6 Å². The molecule has 0 fully saturated rings. The lowest BCUT2D eigenvalue weighted by molar-refractivity contribution is -0.154. The van der Waals surface area contributed by atoms with Crippen molar-refractivity contribution >= 4 is 27.9 Å². The van der Waals surface area contributed by atoms with Crippen LogP contribution in [0.2, 0.25) is 0 Å². The van der Waals surface area contributed by atoms with Gasteiger partial charge in [-0.15, -0.1) is 0 Å². The first-order valence-electron chi connectivity index (χ1n) is 5.67. The van der Waals surface area contributed by atoms with Gasteiger partial charge in [-0.1, -0.05) is 22.0 Å². The van der Waals surface area contributed by atoms with Gasteiger partial charge in [0.2, 0.25) is 0 Å². The zero-order valence-electron chi connectivity index (χ0n) is 11.3. The zero-order chi connectivity index (χ0) is 14.6. The summed E-state index contributed by atoms with van der Waals surface area (Å²) in [6.07, 6.45) is 0. The van der Waals surface area contributed by atoms with Crippen LogP contribution in [-0.2, 0) is 14.3 Å². The van der Waals surface area contributed by atoms with E-state index in [0.29, 0.717) is 5.69 Å². The van der Waals surface area contributed by atoms with Gasteiger partial charge >= 0.3 is 11.9 Å². The van der Waals surface area contributed by atoms with Gasteiger partial charge in [0.1, 0.15) is 11.3 Å². The van der Waals surface area contributed by atoms with Gasteiger partial charge in [-0.05, 0) is 32.9 Å². The molecule has 1 heterocycles. The number of nitrogens with zero attached hydrogens (tertiary/aromatic N) is 1. The Labute approximate surface area is 120 Å². The molecule has 6 heteroatoms. The standard InChI is InChI=1S/C13H16BrNO4/c1-13(2,3)19-12(17)10(14)8-6-5-7-9(15-8)11(16)18-4/h5-7,10H,1-4H3. The molecule has 1 atom stereocenters. The number of methoxy groups -OCH3 is 1. The van der Waals surface area contributed by atoms with Gasteiger partial charge in [-0.3, -0.25) is 4.79 Å². The molecule has 0 aliphatic carbocycles. The van der Waals surface area contributed by atoms with E-state index in [0.717, 1.165) is 0 Å². The maximum absolute atomic E-state index is 11.9. The molecule has 0 radical (unpaired) electrons. The summed E-state index contributed by atoms with van der Waals surface area (Å²) in [4.78, 5) is 26.6. The van der Waals surface area contributed by atoms with Crippen LogP contribution in [-0.4, -0.2) is 29.6 Å². The first-order chi connectivity index (χ1) is 8.74. The Morgan fingerprint density at radius 3 is 2.47 bits per heavy atom. The molecule has 0 amide bonds. The fourth-order valence-corrected chi connectivity index (χ4v) is 1.63. The topological polar surface area (TPSA) is 65.5 Å². The van der Waals surface area contributed by atoms with E-state index in [4.69, 9.17) is 4.74 Å². The van der Waals surface area contributed by atoms with Crippen LogP contribution >= 0.6 is 15.9 Å². The molecule has 5 nitrogen and oxygen atoms in total. The number of ether oxygens (including phenoxy) is 2. The fraction of sp³-hybridized carbons (Fsp3) is 0.462. The lowest BCUT2D eigenvalue weighted by atomic mass is 10.2. The smallest absolute Gasteiger partial charge is 0.356 e. The number of carbonyl (C=O) groups excluding carboxylic acids is 2. The Hall–Kier alpha value is -1.43. The number of pyridine rings is 1. The third-order valence-electron chi connectivity index (χ3n) is 2.04. The molecule has 0 N–H and O–H groups in total. The number of halogens is 1. The van der Waals surface area contributed by atoms with Crippen LogP contribution in [0.1, 0.15) is 41.8 Å². The van der Waals surface area contributed by atoms with Crippen molar-refractivity contribution < 1.29 is 19.1 Å². The summed E-state index contributed by atoms with van der Waals surface area (Å²) in [6, 6.07) is 4.78. The summed E-state index contributed by atoms with van der Waals surface area (Å²) in [5.74, 6) is -1.01. The van der Waals surface area contributed by atoms with E-state index in [1.54, 1.807) is 32.9 Å². The highest BCUT2D eigenvalue weighted by molar-refractivity contribution is 9.09. The minimum absolute atomic E-state index is 0.146. The van der Waals surface area contributed by atoms with Gasteiger partial charge in [0, 0.05) is 0 Å². The van der Waals surface area contributed by atoms with Gasteiger partial charge < -0.3 is 9.47 Å². The van der Waals surface area contributed by atoms with Crippen molar-refractivity contribution in [2.45, 2.75) is 31.2 Å². The third-order valence-corrected chi connectivity index (χ3v) is 2.88. The third kappa shape index (κ3) is 4.63. The van der Waals surface area contributed by atoms with Gasteiger partial charge in [-0.25, -0.2) is 9.78 Å². The summed E-state index contributed by atoms with van der Waals surface area (Å²) < 4.78 is 9.82. The number of hydrogen-bond acceptors (Lipinski definition) is 5. The van der Waals surface area contributed by atoms with Crippen molar-refractivity contribution in [2.75, 3.05) is 7.11 Å². The molecule has 0 bridgehead atoms. The molecule has 0 aliphatic rings. The molecule has 19 heavy (non-hydrogen) atoms. The number of hydrogen-bond donors (Lipinski definition) is 0. The normalized spacial score (nSPS) is 12.7. The highest BCUT2D eigenvalue weighted by Crippen LogP contribution is 2.25. The highest BCUT2D eigenvalue weighted by atomic mass is 79.9. The molecule has 1 aromatic rings. The molecule has 1 aromatic heterocycles. The van der Waals surface area contributed by atoms with E-state index in [2.05, 4.69) is 25.7 Å². The monoisotopic (exact) mass is 329 g/mol. The Kier molecular flexibility index (Phi) is 5.05. The van der Waals surface area contributed by atoms with E-state index in [1.807, 2.05) is 0 Å². The zero-order valence-corrected chi connectivity index (χ0v) is 12.9. The van der Waals surface area contributed by atoms with Crippen LogP contribution < -0.4 is 0 Å². The van der Waals surface area contributed by atoms with E-state index < -0.39 is 22.4 Å². The predicted octanol–water partition coefficient (Wildman–Crippen LogP) is 2.65.